The van der Waals surface area contributed by atoms with Crippen molar-refractivity contribution in [3.05, 3.63) is 119 Å². The van der Waals surface area contributed by atoms with Gasteiger partial charge in [0.25, 0.3) is 0 Å². The van der Waals surface area contributed by atoms with Crippen LogP contribution in [0.5, 0.6) is 5.75 Å². The molecule has 0 aliphatic rings. The molecule has 48 heavy (non-hydrogen) atoms. The van der Waals surface area contributed by atoms with Crippen LogP contribution in [0.1, 0.15) is 63.8 Å². The second-order valence-corrected chi connectivity index (χ2v) is 12.7. The van der Waals surface area contributed by atoms with Crippen molar-refractivity contribution in [1.82, 2.24) is 9.88 Å². The first-order chi connectivity index (χ1) is 22.8. The molecule has 0 aliphatic carbocycles. The van der Waals surface area contributed by atoms with E-state index in [-0.39, 0.29) is 13.0 Å². The van der Waals surface area contributed by atoms with Gasteiger partial charge in [-0.25, -0.2) is 9.59 Å². The van der Waals surface area contributed by atoms with Crippen LogP contribution in [0.25, 0.3) is 17.0 Å². The number of benzene rings is 3. The molecule has 9 heteroatoms. The van der Waals surface area contributed by atoms with E-state index in [4.69, 9.17) is 14.2 Å². The van der Waals surface area contributed by atoms with Crippen LogP contribution in [0, 0.1) is 0 Å². The van der Waals surface area contributed by atoms with E-state index in [0.717, 1.165) is 22.1 Å². The number of hydrogen-bond donors (Lipinski definition) is 1. The van der Waals surface area contributed by atoms with Gasteiger partial charge >= 0.3 is 18.0 Å². The third-order valence-electron chi connectivity index (χ3n) is 7.13. The summed E-state index contributed by atoms with van der Waals surface area (Å²) in [6.45, 7) is 10.7. The van der Waals surface area contributed by atoms with Gasteiger partial charge in [-0.05, 0) is 87.6 Å². The highest BCUT2D eigenvalue weighted by Gasteiger charge is 2.26. The molecule has 1 aromatic heterocycles. The number of para-hydroxylation sites is 1. The molecule has 9 nitrogen and oxygen atoms in total. The summed E-state index contributed by atoms with van der Waals surface area (Å²) >= 11 is 0. The Morgan fingerprint density at radius 3 is 2.29 bits per heavy atom. The van der Waals surface area contributed by atoms with Crippen LogP contribution in [-0.4, -0.2) is 40.1 Å². The number of rotatable bonds is 11. The van der Waals surface area contributed by atoms with Gasteiger partial charge in [-0.2, -0.15) is 0 Å². The summed E-state index contributed by atoms with van der Waals surface area (Å²) in [6, 6.07) is 20.8. The molecule has 1 N–H and O–H groups in total. The fourth-order valence-electron chi connectivity index (χ4n) is 4.94. The average Bonchev–Trinajstić information content (AvgIpc) is 3.40. The van der Waals surface area contributed by atoms with Gasteiger partial charge in [0.15, 0.2) is 0 Å². The molecule has 4 aromatic rings. The van der Waals surface area contributed by atoms with Crippen molar-refractivity contribution in [2.75, 3.05) is 0 Å². The first-order valence-electron chi connectivity index (χ1n) is 15.7. The van der Waals surface area contributed by atoms with Crippen LogP contribution >= 0.6 is 0 Å². The van der Waals surface area contributed by atoms with Crippen molar-refractivity contribution >= 4 is 40.9 Å². The first-order valence-corrected chi connectivity index (χ1v) is 15.7. The van der Waals surface area contributed by atoms with Crippen LogP contribution in [0.4, 0.5) is 4.79 Å². The van der Waals surface area contributed by atoms with Gasteiger partial charge in [-0.3, -0.25) is 14.2 Å². The molecule has 4 rings (SSSR count). The maximum Gasteiger partial charge on any atom is 0.419 e. The van der Waals surface area contributed by atoms with Gasteiger partial charge in [0.1, 0.15) is 24.0 Å². The largest absolute Gasteiger partial charge is 0.459 e. The van der Waals surface area contributed by atoms with Crippen LogP contribution in [0.2, 0.25) is 0 Å². The molecule has 0 bridgehead atoms. The second-order valence-electron chi connectivity index (χ2n) is 12.7. The zero-order valence-corrected chi connectivity index (χ0v) is 28.2. The Morgan fingerprint density at radius 1 is 0.896 bits per heavy atom. The lowest BCUT2D eigenvalue weighted by Gasteiger charge is -2.19. The third kappa shape index (κ3) is 10.3. The van der Waals surface area contributed by atoms with Crippen molar-refractivity contribution in [1.29, 1.82) is 0 Å². The predicted octanol–water partition coefficient (Wildman–Crippen LogP) is 7.34. The summed E-state index contributed by atoms with van der Waals surface area (Å²) < 4.78 is 18.0. The van der Waals surface area contributed by atoms with Crippen molar-refractivity contribution in [3.8, 4) is 5.75 Å². The number of allylic oxidation sites excluding steroid dienone is 2. The number of carbonyl (C=O) groups excluding carboxylic acids is 4. The zero-order valence-electron chi connectivity index (χ0n) is 28.2. The average molecular weight is 651 g/mol. The van der Waals surface area contributed by atoms with E-state index in [1.54, 1.807) is 51.2 Å². The minimum atomic E-state index is -1.07. The topological polar surface area (TPSA) is 113 Å². The van der Waals surface area contributed by atoms with E-state index in [1.807, 2.05) is 74.5 Å². The van der Waals surface area contributed by atoms with Gasteiger partial charge in [0, 0.05) is 31.0 Å². The zero-order chi connectivity index (χ0) is 34.8. The van der Waals surface area contributed by atoms with Crippen LogP contribution in [-0.2, 0) is 43.3 Å². The molecule has 3 aromatic carbocycles. The van der Waals surface area contributed by atoms with Crippen molar-refractivity contribution in [3.63, 3.8) is 0 Å². The molecule has 250 valence electrons. The molecule has 0 unspecified atom stereocenters. The van der Waals surface area contributed by atoms with Crippen LogP contribution in [0.15, 0.2) is 96.7 Å². The standard InChI is InChI=1S/C39H42N2O7/c1-26(2)16-19-30-22-28(17-20-35(30)47-27(3)42)18-21-36(43)40-33(37(44)46-25-29-12-8-7-9-13-29)23-31-24-41(38(45)48-39(4,5)6)34-15-11-10-14-32(31)34/h7-18,20-22,24,33H,19,23,25H2,1-6H3,(H,40,43)/b21-18+/t33-/m0/s1. The predicted molar refractivity (Wildman–Crippen MR) is 185 cm³/mol. The number of aromatic nitrogens is 1. The quantitative estimate of drug-likeness (QED) is 0.0782. The van der Waals surface area contributed by atoms with E-state index < -0.39 is 35.6 Å². The Balaban J connectivity index is 1.60. The smallest absolute Gasteiger partial charge is 0.419 e. The van der Waals surface area contributed by atoms with Crippen molar-refractivity contribution < 1.29 is 33.4 Å². The van der Waals surface area contributed by atoms with Gasteiger partial charge in [-0.1, -0.05) is 66.2 Å². The van der Waals surface area contributed by atoms with Crippen LogP contribution in [0.3, 0.4) is 0 Å². The number of esters is 2. The third-order valence-corrected chi connectivity index (χ3v) is 7.13. The monoisotopic (exact) mass is 650 g/mol. The second kappa shape index (κ2) is 15.9. The molecule has 0 saturated carbocycles. The molecular formula is C39H42N2O7. The van der Waals surface area contributed by atoms with E-state index in [2.05, 4.69) is 5.32 Å². The van der Waals surface area contributed by atoms with E-state index in [9.17, 15) is 19.2 Å². The maximum absolute atomic E-state index is 13.5. The summed E-state index contributed by atoms with van der Waals surface area (Å²) in [6.07, 6.45) is 6.68. The van der Waals surface area contributed by atoms with E-state index >= 15 is 0 Å². The SMILES string of the molecule is CC(=O)Oc1ccc(/C=C/C(=O)N[C@@H](Cc2cn(C(=O)OC(C)(C)C)c3ccccc23)C(=O)OCc2ccccc2)cc1CC=C(C)C. The minimum absolute atomic E-state index is 0.0324. The lowest BCUT2D eigenvalue weighted by Crippen LogP contribution is -2.42. The van der Waals surface area contributed by atoms with Gasteiger partial charge in [0.05, 0.1) is 5.52 Å². The van der Waals surface area contributed by atoms with E-state index in [0.29, 0.717) is 28.8 Å². The number of nitrogens with zero attached hydrogens (tertiary/aromatic N) is 1. The molecular weight excluding hydrogens is 608 g/mol. The maximum atomic E-state index is 13.5. The Hall–Kier alpha value is -5.44. The van der Waals surface area contributed by atoms with Gasteiger partial charge < -0.3 is 19.5 Å². The highest BCUT2D eigenvalue weighted by molar-refractivity contribution is 5.96. The Labute approximate surface area is 281 Å². The molecule has 0 aliphatic heterocycles. The molecule has 0 saturated heterocycles. The van der Waals surface area contributed by atoms with Crippen molar-refractivity contribution in [2.45, 2.75) is 72.6 Å². The summed E-state index contributed by atoms with van der Waals surface area (Å²) in [5, 5.41) is 3.54. The number of nitrogens with one attached hydrogen (secondary N) is 1. The Morgan fingerprint density at radius 2 is 1.60 bits per heavy atom. The first kappa shape index (κ1) is 35.4. The summed E-state index contributed by atoms with van der Waals surface area (Å²) in [5.74, 6) is -1.10. The number of carbonyl (C=O) groups is 4. The highest BCUT2D eigenvalue weighted by Crippen LogP contribution is 2.25. The summed E-state index contributed by atoms with van der Waals surface area (Å²) in [4.78, 5) is 51.5. The fourth-order valence-corrected chi connectivity index (χ4v) is 4.94. The Kier molecular flexibility index (Phi) is 11.7. The normalized spacial score (nSPS) is 12.0. The highest BCUT2D eigenvalue weighted by atomic mass is 16.6. The summed E-state index contributed by atoms with van der Waals surface area (Å²) in [7, 11) is 0. The number of ether oxygens (including phenoxy) is 3. The van der Waals surface area contributed by atoms with Crippen molar-refractivity contribution in [2.24, 2.45) is 0 Å². The summed E-state index contributed by atoms with van der Waals surface area (Å²) in [5.41, 5.74) is 3.99. The minimum Gasteiger partial charge on any atom is -0.459 e. The molecule has 0 radical (unpaired) electrons. The molecule has 0 spiro atoms. The molecule has 1 heterocycles. The lowest BCUT2D eigenvalue weighted by atomic mass is 10.0. The number of fused-ring (bicyclic) bond motifs is 1. The number of hydrogen-bond acceptors (Lipinski definition) is 7. The van der Waals surface area contributed by atoms with Crippen LogP contribution < -0.4 is 10.1 Å². The molecule has 1 amide bonds. The lowest BCUT2D eigenvalue weighted by molar-refractivity contribution is -0.148. The molecule has 1 atom stereocenters. The van der Waals surface area contributed by atoms with Gasteiger partial charge in [0.2, 0.25) is 5.91 Å². The fraction of sp³-hybridized carbons (Fsp3) is 0.282. The molecule has 0 fully saturated rings. The number of amides is 1. The van der Waals surface area contributed by atoms with E-state index in [1.165, 1.54) is 17.6 Å². The Bertz CT molecular complexity index is 1840. The van der Waals surface area contributed by atoms with Gasteiger partial charge in [-0.15, -0.1) is 0 Å².